The van der Waals surface area contributed by atoms with Crippen LogP contribution in [0.15, 0.2) is 47.6 Å². The van der Waals surface area contributed by atoms with Gasteiger partial charge in [-0.2, -0.15) is 5.10 Å². The number of piperidine rings is 1. The summed E-state index contributed by atoms with van der Waals surface area (Å²) in [5.41, 5.74) is 6.14. The fourth-order valence-electron chi connectivity index (χ4n) is 4.05. The van der Waals surface area contributed by atoms with Crippen LogP contribution in [0.4, 0.5) is 5.69 Å². The molecule has 2 aromatic rings. The molecule has 0 saturated carbocycles. The van der Waals surface area contributed by atoms with Gasteiger partial charge in [-0.15, -0.1) is 12.4 Å². The van der Waals surface area contributed by atoms with Crippen LogP contribution in [0.3, 0.4) is 0 Å². The molecule has 2 aromatic carbocycles. The summed E-state index contributed by atoms with van der Waals surface area (Å²) < 4.78 is 0. The second kappa shape index (κ2) is 10.7. The van der Waals surface area contributed by atoms with Gasteiger partial charge in [0, 0.05) is 29.1 Å². The molecule has 0 spiro atoms. The van der Waals surface area contributed by atoms with E-state index in [4.69, 9.17) is 52.1 Å². The summed E-state index contributed by atoms with van der Waals surface area (Å²) >= 11 is 24.6. The lowest BCUT2D eigenvalue weighted by atomic mass is 9.91. The maximum absolute atomic E-state index is 6.55. The monoisotopic (exact) mass is 516 g/mol. The van der Waals surface area contributed by atoms with E-state index < -0.39 is 0 Å². The predicted octanol–water partition coefficient (Wildman–Crippen LogP) is 6.94. The second-order valence-electron chi connectivity index (χ2n) is 7.70. The molecule has 4 rings (SSSR count). The Morgan fingerprint density at radius 2 is 1.65 bits per heavy atom. The number of anilines is 1. The topological polar surface area (TPSA) is 30.9 Å². The molecule has 0 bridgehead atoms. The first kappa shape index (κ1) is 24.6. The van der Waals surface area contributed by atoms with E-state index in [9.17, 15) is 0 Å². The summed E-state index contributed by atoms with van der Waals surface area (Å²) in [5.74, 6) is 0.0581. The van der Waals surface area contributed by atoms with Crippen molar-refractivity contribution >= 4 is 75.8 Å². The zero-order chi connectivity index (χ0) is 21.3. The fraction of sp³-hybridized carbons (Fsp3) is 0.364. The van der Waals surface area contributed by atoms with Gasteiger partial charge in [-0.1, -0.05) is 72.5 Å². The molecule has 166 valence electrons. The number of hydrogen-bond donors (Lipinski definition) is 1. The lowest BCUT2D eigenvalue weighted by Gasteiger charge is -2.29. The summed E-state index contributed by atoms with van der Waals surface area (Å²) in [6, 6.07) is 13.2. The van der Waals surface area contributed by atoms with Gasteiger partial charge in [0.15, 0.2) is 0 Å². The number of hydrazone groups is 1. The summed E-state index contributed by atoms with van der Waals surface area (Å²) in [4.78, 5) is 0.663. The molecular formula is C22H24Cl4N4S. The lowest BCUT2D eigenvalue weighted by Crippen LogP contribution is -2.47. The first-order chi connectivity index (χ1) is 14.4. The van der Waals surface area contributed by atoms with Crippen molar-refractivity contribution in [2.45, 2.75) is 32.2 Å². The number of nitrogens with one attached hydrogen (secondary N) is 1. The minimum Gasteiger partial charge on any atom is -0.308 e. The van der Waals surface area contributed by atoms with E-state index in [1.165, 1.54) is 19.3 Å². The van der Waals surface area contributed by atoms with Crippen LogP contribution in [0.2, 0.25) is 15.1 Å². The number of rotatable bonds is 4. The molecule has 1 fully saturated rings. The van der Waals surface area contributed by atoms with Gasteiger partial charge in [-0.3, -0.25) is 5.01 Å². The van der Waals surface area contributed by atoms with Crippen molar-refractivity contribution in [2.75, 3.05) is 18.1 Å². The average molecular weight is 518 g/mol. The van der Waals surface area contributed by atoms with Crippen LogP contribution in [0.25, 0.3) is 0 Å². The van der Waals surface area contributed by atoms with Crippen LogP contribution in [-0.4, -0.2) is 28.8 Å². The van der Waals surface area contributed by atoms with Gasteiger partial charge < -0.3 is 5.43 Å². The molecule has 0 amide bonds. The number of hydrogen-bond acceptors (Lipinski definition) is 4. The van der Waals surface area contributed by atoms with Crippen molar-refractivity contribution in [3.05, 3.63) is 63.1 Å². The minimum atomic E-state index is -0.0583. The van der Waals surface area contributed by atoms with E-state index in [0.29, 0.717) is 20.1 Å². The van der Waals surface area contributed by atoms with Crippen LogP contribution in [-0.2, 0) is 0 Å². The summed E-state index contributed by atoms with van der Waals surface area (Å²) in [5, 5.41) is 10.9. The minimum absolute atomic E-state index is 0. The Hall–Kier alpha value is -1.08. The zero-order valence-electron chi connectivity index (χ0n) is 17.0. The molecule has 0 unspecified atom stereocenters. The molecule has 4 nitrogen and oxygen atoms in total. The molecule has 2 aliphatic heterocycles. The predicted molar refractivity (Wildman–Crippen MR) is 138 cm³/mol. The third-order valence-corrected chi connectivity index (χ3v) is 6.69. The van der Waals surface area contributed by atoms with Crippen LogP contribution in [0.5, 0.6) is 0 Å². The highest BCUT2D eigenvalue weighted by Crippen LogP contribution is 2.42. The molecule has 31 heavy (non-hydrogen) atoms. The first-order valence-corrected chi connectivity index (χ1v) is 11.6. The van der Waals surface area contributed by atoms with E-state index in [1.54, 1.807) is 6.07 Å². The zero-order valence-corrected chi connectivity index (χ0v) is 20.9. The molecule has 2 atom stereocenters. The molecule has 2 aliphatic rings. The van der Waals surface area contributed by atoms with E-state index in [2.05, 4.69) is 17.4 Å². The van der Waals surface area contributed by atoms with Crippen molar-refractivity contribution in [3.63, 3.8) is 0 Å². The number of benzene rings is 2. The third kappa shape index (κ3) is 5.47. The highest BCUT2D eigenvalue weighted by atomic mass is 35.5. The van der Waals surface area contributed by atoms with Crippen molar-refractivity contribution < 1.29 is 0 Å². The fourth-order valence-corrected chi connectivity index (χ4v) is 5.03. The SMILES string of the molecule is C[C@H]1C(C(=S)NN2CCCCC2)=NN(c2ccc(Cl)cc2Cl)[C@H]1c1ccc(Cl)cc1.Cl. The van der Waals surface area contributed by atoms with Crippen LogP contribution in [0, 0.1) is 5.92 Å². The van der Waals surface area contributed by atoms with Crippen molar-refractivity contribution in [1.82, 2.24) is 10.4 Å². The van der Waals surface area contributed by atoms with Gasteiger partial charge in [0.25, 0.3) is 0 Å². The van der Waals surface area contributed by atoms with E-state index in [-0.39, 0.29) is 24.4 Å². The number of nitrogens with zero attached hydrogens (tertiary/aromatic N) is 3. The molecular weight excluding hydrogens is 494 g/mol. The Balaban J connectivity index is 0.00000272. The van der Waals surface area contributed by atoms with Crippen molar-refractivity contribution in [2.24, 2.45) is 11.0 Å². The summed E-state index contributed by atoms with van der Waals surface area (Å²) in [6.07, 6.45) is 3.62. The quantitative estimate of drug-likeness (QED) is 0.445. The Labute approximate surface area is 209 Å². The number of thiocarbonyl (C=S) groups is 1. The normalized spacial score (nSPS) is 21.4. The number of hydrazine groups is 1. The second-order valence-corrected chi connectivity index (χ2v) is 9.39. The average Bonchev–Trinajstić information content (AvgIpc) is 3.06. The molecule has 1 N–H and O–H groups in total. The molecule has 0 aromatic heterocycles. The van der Waals surface area contributed by atoms with Gasteiger partial charge in [-0.05, 0) is 48.7 Å². The molecule has 9 heteroatoms. The Morgan fingerprint density at radius 1 is 1.00 bits per heavy atom. The lowest BCUT2D eigenvalue weighted by molar-refractivity contribution is 0.197. The maximum atomic E-state index is 6.55. The molecule has 0 aliphatic carbocycles. The first-order valence-electron chi connectivity index (χ1n) is 10.1. The van der Waals surface area contributed by atoms with E-state index >= 15 is 0 Å². The number of halogens is 4. The molecule has 1 saturated heterocycles. The molecule has 0 radical (unpaired) electrons. The summed E-state index contributed by atoms with van der Waals surface area (Å²) in [7, 11) is 0. The largest absolute Gasteiger partial charge is 0.308 e. The van der Waals surface area contributed by atoms with Gasteiger partial charge in [0.2, 0.25) is 0 Å². The Bertz CT molecular complexity index is 960. The van der Waals surface area contributed by atoms with E-state index in [0.717, 1.165) is 30.1 Å². The van der Waals surface area contributed by atoms with Crippen LogP contribution in [0.1, 0.15) is 37.8 Å². The van der Waals surface area contributed by atoms with Crippen molar-refractivity contribution in [3.8, 4) is 0 Å². The Morgan fingerprint density at radius 3 is 2.29 bits per heavy atom. The van der Waals surface area contributed by atoms with Gasteiger partial charge in [0.1, 0.15) is 10.7 Å². The highest BCUT2D eigenvalue weighted by Gasteiger charge is 2.39. The summed E-state index contributed by atoms with van der Waals surface area (Å²) in [6.45, 7) is 4.14. The Kier molecular flexibility index (Phi) is 8.47. The maximum Gasteiger partial charge on any atom is 0.137 e. The van der Waals surface area contributed by atoms with Gasteiger partial charge >= 0.3 is 0 Å². The van der Waals surface area contributed by atoms with E-state index in [1.807, 2.05) is 41.4 Å². The highest BCUT2D eigenvalue weighted by molar-refractivity contribution is 7.82. The standard InChI is InChI=1S/C22H23Cl3N4S.ClH/c1-14-20(22(30)27-28-11-3-2-4-12-28)26-29(19-10-9-17(24)13-18(19)25)21(14)15-5-7-16(23)8-6-15;/h5-10,13-14,21H,2-4,11-12H2,1H3,(H,27,30);1H/t14-,21+;/m0./s1. The van der Waals surface area contributed by atoms with Crippen LogP contribution >= 0.6 is 59.4 Å². The third-order valence-electron chi connectivity index (χ3n) is 5.60. The van der Waals surface area contributed by atoms with Crippen molar-refractivity contribution in [1.29, 1.82) is 0 Å². The van der Waals surface area contributed by atoms with Gasteiger partial charge in [0.05, 0.1) is 16.8 Å². The van der Waals surface area contributed by atoms with Crippen LogP contribution < -0.4 is 10.4 Å². The smallest absolute Gasteiger partial charge is 0.137 e. The molecule has 2 heterocycles. The van der Waals surface area contributed by atoms with Gasteiger partial charge in [-0.25, -0.2) is 5.01 Å².